The fraction of sp³-hybridized carbons (Fsp3) is 0.278. The maximum absolute atomic E-state index is 15.1. The molecule has 0 bridgehead atoms. The highest BCUT2D eigenvalue weighted by molar-refractivity contribution is 5.72. The zero-order valence-electron chi connectivity index (χ0n) is 24.8. The Bertz CT molecular complexity index is 1700. The van der Waals surface area contributed by atoms with Gasteiger partial charge in [0.15, 0.2) is 0 Å². The maximum atomic E-state index is 15.1. The number of ether oxygens (including phenoxy) is 2. The third kappa shape index (κ3) is 8.12. The average molecular weight is 665 g/mol. The summed E-state index contributed by atoms with van der Waals surface area (Å²) in [6.07, 6.45) is -2.59. The molecule has 0 radical (unpaired) electrons. The second kappa shape index (κ2) is 13.8. The van der Waals surface area contributed by atoms with Crippen LogP contribution < -0.4 is 9.47 Å². The summed E-state index contributed by atoms with van der Waals surface area (Å²) in [5.41, 5.74) is -1.26. The van der Waals surface area contributed by atoms with Gasteiger partial charge in [-0.15, -0.1) is 19.8 Å². The summed E-state index contributed by atoms with van der Waals surface area (Å²) in [6, 6.07) is 12.4. The lowest BCUT2D eigenvalue weighted by molar-refractivity contribution is -0.274. The highest BCUT2D eigenvalue weighted by atomic mass is 19.4. The van der Waals surface area contributed by atoms with Gasteiger partial charge in [-0.3, -0.25) is 0 Å². The molecular formula is C36H29F9O2. The fourth-order valence-electron chi connectivity index (χ4n) is 5.99. The molecule has 248 valence electrons. The van der Waals surface area contributed by atoms with Crippen LogP contribution in [0, 0.1) is 29.2 Å². The third-order valence-electron chi connectivity index (χ3n) is 8.32. The molecule has 0 aromatic heterocycles. The van der Waals surface area contributed by atoms with E-state index in [9.17, 15) is 26.3 Å². The summed E-state index contributed by atoms with van der Waals surface area (Å²) in [4.78, 5) is 0. The standard InChI is InChI=1S/C36H29F9O2/c1-2-3-4-21-5-7-22(8-6-21)25-18-32(39)34(33(40)19-25)35(41,42)46-27-14-16-29(31(38)20-27)24-11-15-28(30(37)17-24)23-9-12-26(13-10-23)47-36(43,44)45/h2,9-22H,1,3-8H2. The molecule has 0 amide bonds. The number of hydrogen-bond donors (Lipinski definition) is 0. The molecule has 0 atom stereocenters. The van der Waals surface area contributed by atoms with E-state index in [0.29, 0.717) is 30.4 Å². The lowest BCUT2D eigenvalue weighted by Crippen LogP contribution is -2.25. The van der Waals surface area contributed by atoms with E-state index >= 15 is 13.2 Å². The Balaban J connectivity index is 1.29. The molecule has 47 heavy (non-hydrogen) atoms. The Labute approximate surface area is 265 Å². The quantitative estimate of drug-likeness (QED) is 0.124. The van der Waals surface area contributed by atoms with Crippen molar-refractivity contribution in [2.24, 2.45) is 5.92 Å². The van der Waals surface area contributed by atoms with Crippen LogP contribution in [0.25, 0.3) is 22.3 Å². The van der Waals surface area contributed by atoms with Gasteiger partial charge in [-0.05, 0) is 110 Å². The molecule has 0 saturated heterocycles. The number of halogens is 9. The van der Waals surface area contributed by atoms with Crippen molar-refractivity contribution >= 4 is 0 Å². The fourth-order valence-corrected chi connectivity index (χ4v) is 5.99. The van der Waals surface area contributed by atoms with Crippen LogP contribution in [0.4, 0.5) is 39.5 Å². The topological polar surface area (TPSA) is 18.5 Å². The van der Waals surface area contributed by atoms with Gasteiger partial charge in [0.05, 0.1) is 0 Å². The van der Waals surface area contributed by atoms with Gasteiger partial charge < -0.3 is 9.47 Å². The summed E-state index contributed by atoms with van der Waals surface area (Å²) in [6.45, 7) is 3.71. The molecule has 1 aliphatic carbocycles. The first-order valence-electron chi connectivity index (χ1n) is 14.9. The molecule has 4 aromatic carbocycles. The van der Waals surface area contributed by atoms with Crippen LogP contribution >= 0.6 is 0 Å². The number of allylic oxidation sites excluding steroid dienone is 1. The van der Waals surface area contributed by atoms with Crippen molar-refractivity contribution in [2.75, 3.05) is 0 Å². The van der Waals surface area contributed by atoms with E-state index in [2.05, 4.69) is 16.1 Å². The average Bonchev–Trinajstić information content (AvgIpc) is 2.99. The molecule has 1 saturated carbocycles. The molecular weight excluding hydrogens is 635 g/mol. The van der Waals surface area contributed by atoms with E-state index in [-0.39, 0.29) is 28.2 Å². The van der Waals surface area contributed by atoms with Crippen molar-refractivity contribution in [1.29, 1.82) is 0 Å². The van der Waals surface area contributed by atoms with Crippen molar-refractivity contribution in [3.8, 4) is 33.8 Å². The molecule has 4 aromatic rings. The van der Waals surface area contributed by atoms with Gasteiger partial charge in [-0.2, -0.15) is 8.78 Å². The zero-order chi connectivity index (χ0) is 33.9. The minimum absolute atomic E-state index is 0.00131. The van der Waals surface area contributed by atoms with Gasteiger partial charge >= 0.3 is 12.5 Å². The minimum atomic E-state index is -4.89. The van der Waals surface area contributed by atoms with Crippen molar-refractivity contribution in [3.63, 3.8) is 0 Å². The second-order valence-corrected chi connectivity index (χ2v) is 11.5. The molecule has 0 heterocycles. The van der Waals surface area contributed by atoms with Crippen LogP contribution in [-0.2, 0) is 6.11 Å². The highest BCUT2D eigenvalue weighted by Gasteiger charge is 2.42. The monoisotopic (exact) mass is 664 g/mol. The van der Waals surface area contributed by atoms with E-state index < -0.39 is 52.8 Å². The minimum Gasteiger partial charge on any atom is -0.429 e. The van der Waals surface area contributed by atoms with Crippen LogP contribution in [0.3, 0.4) is 0 Å². The van der Waals surface area contributed by atoms with Crippen molar-refractivity contribution in [3.05, 3.63) is 120 Å². The van der Waals surface area contributed by atoms with Gasteiger partial charge in [-0.25, -0.2) is 17.6 Å². The van der Waals surface area contributed by atoms with Crippen LogP contribution in [0.15, 0.2) is 85.5 Å². The normalized spacial score (nSPS) is 17.0. The summed E-state index contributed by atoms with van der Waals surface area (Å²) in [7, 11) is 0. The maximum Gasteiger partial charge on any atom is 0.573 e. The Morgan fingerprint density at radius 2 is 1.19 bits per heavy atom. The number of benzene rings is 4. The summed E-state index contributed by atoms with van der Waals surface area (Å²) < 4.78 is 136. The van der Waals surface area contributed by atoms with Crippen molar-refractivity contribution in [2.45, 2.75) is 56.9 Å². The highest BCUT2D eigenvalue weighted by Crippen LogP contribution is 2.42. The Morgan fingerprint density at radius 1 is 0.638 bits per heavy atom. The second-order valence-electron chi connectivity index (χ2n) is 11.5. The molecule has 5 rings (SSSR count). The van der Waals surface area contributed by atoms with E-state index in [1.54, 1.807) is 0 Å². The van der Waals surface area contributed by atoms with Crippen molar-refractivity contribution < 1.29 is 49.0 Å². The summed E-state index contributed by atoms with van der Waals surface area (Å²) in [5, 5.41) is 0. The molecule has 0 spiro atoms. The van der Waals surface area contributed by atoms with Crippen LogP contribution in [0.1, 0.15) is 55.6 Å². The first-order valence-corrected chi connectivity index (χ1v) is 14.9. The van der Waals surface area contributed by atoms with E-state index in [4.69, 9.17) is 0 Å². The molecule has 11 heteroatoms. The van der Waals surface area contributed by atoms with E-state index in [1.165, 1.54) is 24.3 Å². The molecule has 1 aliphatic rings. The van der Waals surface area contributed by atoms with Gasteiger partial charge in [0.1, 0.15) is 40.3 Å². The SMILES string of the molecule is C=CCCC1CCC(c2cc(F)c(C(F)(F)Oc3ccc(-c4ccc(-c5ccc(OC(F)(F)F)cc5)c(F)c4)c(F)c3)c(F)c2)CC1. The van der Waals surface area contributed by atoms with E-state index in [0.717, 1.165) is 68.1 Å². The zero-order valence-corrected chi connectivity index (χ0v) is 24.8. The number of alkyl halides is 5. The Kier molecular flexibility index (Phi) is 9.93. The number of rotatable bonds is 10. The first kappa shape index (κ1) is 33.9. The molecule has 2 nitrogen and oxygen atoms in total. The first-order chi connectivity index (χ1) is 22.2. The molecule has 0 aliphatic heterocycles. The molecule has 0 unspecified atom stereocenters. The predicted molar refractivity (Wildman–Crippen MR) is 159 cm³/mol. The van der Waals surface area contributed by atoms with Crippen molar-refractivity contribution in [1.82, 2.24) is 0 Å². The largest absolute Gasteiger partial charge is 0.573 e. The Hall–Kier alpha value is -4.41. The van der Waals surface area contributed by atoms with E-state index in [1.807, 2.05) is 6.08 Å². The van der Waals surface area contributed by atoms with Gasteiger partial charge in [0.25, 0.3) is 0 Å². The summed E-state index contributed by atoms with van der Waals surface area (Å²) in [5.74, 6) is -5.78. The summed E-state index contributed by atoms with van der Waals surface area (Å²) >= 11 is 0. The van der Waals surface area contributed by atoms with Gasteiger partial charge in [0, 0.05) is 17.2 Å². The van der Waals surface area contributed by atoms with Gasteiger partial charge in [0.2, 0.25) is 0 Å². The van der Waals surface area contributed by atoms with Crippen LogP contribution in [0.5, 0.6) is 11.5 Å². The van der Waals surface area contributed by atoms with Crippen LogP contribution in [0.2, 0.25) is 0 Å². The number of hydrogen-bond acceptors (Lipinski definition) is 2. The third-order valence-corrected chi connectivity index (χ3v) is 8.32. The van der Waals surface area contributed by atoms with Gasteiger partial charge in [-0.1, -0.05) is 30.3 Å². The predicted octanol–water partition coefficient (Wildman–Crippen LogP) is 11.8. The lowest BCUT2D eigenvalue weighted by atomic mass is 9.77. The smallest absolute Gasteiger partial charge is 0.429 e. The lowest BCUT2D eigenvalue weighted by Gasteiger charge is -2.29. The molecule has 0 N–H and O–H groups in total. The Morgan fingerprint density at radius 3 is 1.77 bits per heavy atom. The van der Waals surface area contributed by atoms with Crippen LogP contribution in [-0.4, -0.2) is 6.36 Å². The molecule has 1 fully saturated rings.